The van der Waals surface area contributed by atoms with Gasteiger partial charge in [-0.25, -0.2) is 4.98 Å². The molecule has 1 aliphatic rings. The van der Waals surface area contributed by atoms with Crippen LogP contribution in [0.5, 0.6) is 11.5 Å². The number of likely N-dealkylation sites (N-methyl/N-ethyl adjacent to an activating group) is 1. The third kappa shape index (κ3) is 3.20. The van der Waals surface area contributed by atoms with E-state index in [2.05, 4.69) is 15.6 Å². The second kappa shape index (κ2) is 6.76. The minimum Gasteiger partial charge on any atom is -0.454 e. The molecule has 0 bridgehead atoms. The highest BCUT2D eigenvalue weighted by Crippen LogP contribution is 2.36. The van der Waals surface area contributed by atoms with E-state index < -0.39 is 0 Å². The first kappa shape index (κ1) is 14.8. The number of thiazole rings is 1. The molecule has 1 amide bonds. The molecule has 0 saturated heterocycles. The molecule has 0 radical (unpaired) electrons. The number of hydrogen-bond acceptors (Lipinski definition) is 6. The fourth-order valence-corrected chi connectivity index (χ4v) is 2.90. The fourth-order valence-electron chi connectivity index (χ4n) is 2.07. The van der Waals surface area contributed by atoms with Crippen LogP contribution < -0.4 is 20.1 Å². The Kier molecular flexibility index (Phi) is 4.55. The van der Waals surface area contributed by atoms with Crippen LogP contribution in [-0.4, -0.2) is 37.3 Å². The van der Waals surface area contributed by atoms with Gasteiger partial charge in [0.05, 0.1) is 6.20 Å². The van der Waals surface area contributed by atoms with Gasteiger partial charge in [0.1, 0.15) is 9.88 Å². The average molecular weight is 319 g/mol. The summed E-state index contributed by atoms with van der Waals surface area (Å²) in [4.78, 5) is 17.0. The van der Waals surface area contributed by atoms with Crippen LogP contribution in [-0.2, 0) is 0 Å². The number of benzene rings is 1. The predicted octanol–water partition coefficient (Wildman–Crippen LogP) is 1.88. The molecule has 0 unspecified atom stereocenters. The first-order chi connectivity index (χ1) is 10.8. The maximum Gasteiger partial charge on any atom is 0.263 e. The Morgan fingerprint density at radius 1 is 1.32 bits per heavy atom. The van der Waals surface area contributed by atoms with Crippen molar-refractivity contribution >= 4 is 17.2 Å². The monoisotopic (exact) mass is 319 g/mol. The molecule has 22 heavy (non-hydrogen) atoms. The molecule has 2 heterocycles. The summed E-state index contributed by atoms with van der Waals surface area (Å²) >= 11 is 1.36. The summed E-state index contributed by atoms with van der Waals surface area (Å²) in [6.07, 6.45) is 1.60. The number of aromatic nitrogens is 1. The minimum absolute atomic E-state index is 0.0950. The molecule has 7 heteroatoms. The second-order valence-electron chi connectivity index (χ2n) is 4.71. The highest BCUT2D eigenvalue weighted by molar-refractivity contribution is 7.16. The summed E-state index contributed by atoms with van der Waals surface area (Å²) in [5, 5.41) is 6.81. The van der Waals surface area contributed by atoms with Gasteiger partial charge < -0.3 is 20.1 Å². The highest BCUT2D eigenvalue weighted by Gasteiger charge is 2.16. The van der Waals surface area contributed by atoms with Crippen LogP contribution in [0.1, 0.15) is 16.6 Å². The molecule has 0 atom stereocenters. The van der Waals surface area contributed by atoms with Crippen LogP contribution >= 0.6 is 11.3 Å². The molecule has 116 valence electrons. The average Bonchev–Trinajstić information content (AvgIpc) is 3.19. The van der Waals surface area contributed by atoms with Crippen LogP contribution in [0.2, 0.25) is 0 Å². The van der Waals surface area contributed by atoms with Crippen LogP contribution in [0.3, 0.4) is 0 Å². The second-order valence-corrected chi connectivity index (χ2v) is 5.74. The third-order valence-corrected chi connectivity index (χ3v) is 4.23. The lowest BCUT2D eigenvalue weighted by Gasteiger charge is -2.03. The van der Waals surface area contributed by atoms with Crippen molar-refractivity contribution in [2.75, 3.05) is 26.4 Å². The number of fused-ring (bicyclic) bond motifs is 1. The first-order valence-electron chi connectivity index (χ1n) is 7.12. The number of hydrogen-bond donors (Lipinski definition) is 2. The molecule has 1 aromatic carbocycles. The van der Waals surface area contributed by atoms with E-state index in [1.54, 1.807) is 6.20 Å². The van der Waals surface area contributed by atoms with Gasteiger partial charge in [-0.05, 0) is 24.7 Å². The van der Waals surface area contributed by atoms with E-state index in [0.29, 0.717) is 17.2 Å². The van der Waals surface area contributed by atoms with Crippen LogP contribution in [0.4, 0.5) is 0 Å². The van der Waals surface area contributed by atoms with E-state index in [0.717, 1.165) is 29.4 Å². The lowest BCUT2D eigenvalue weighted by atomic mass is 10.2. The number of carbonyl (C=O) groups excluding carboxylic acids is 1. The minimum atomic E-state index is -0.0950. The van der Waals surface area contributed by atoms with Gasteiger partial charge in [-0.15, -0.1) is 11.3 Å². The van der Waals surface area contributed by atoms with Gasteiger partial charge in [-0.3, -0.25) is 4.79 Å². The molecule has 3 rings (SSSR count). The molecular formula is C15H17N3O3S. The van der Waals surface area contributed by atoms with Crippen molar-refractivity contribution in [1.29, 1.82) is 0 Å². The zero-order valence-electron chi connectivity index (χ0n) is 12.2. The maximum atomic E-state index is 12.0. The Labute approximate surface area is 132 Å². The Morgan fingerprint density at radius 2 is 2.18 bits per heavy atom. The number of nitrogens with zero attached hydrogens (tertiary/aromatic N) is 1. The van der Waals surface area contributed by atoms with Crippen molar-refractivity contribution in [2.45, 2.75) is 6.92 Å². The number of nitrogens with one attached hydrogen (secondary N) is 2. The van der Waals surface area contributed by atoms with E-state index in [4.69, 9.17) is 9.47 Å². The third-order valence-electron chi connectivity index (χ3n) is 3.19. The van der Waals surface area contributed by atoms with Gasteiger partial charge in [0, 0.05) is 18.7 Å². The normalized spacial score (nSPS) is 12.4. The lowest BCUT2D eigenvalue weighted by molar-refractivity contribution is 0.0958. The first-order valence-corrected chi connectivity index (χ1v) is 7.94. The van der Waals surface area contributed by atoms with Crippen molar-refractivity contribution in [3.8, 4) is 22.1 Å². The highest BCUT2D eigenvalue weighted by atomic mass is 32.1. The largest absolute Gasteiger partial charge is 0.454 e. The van der Waals surface area contributed by atoms with E-state index in [9.17, 15) is 4.79 Å². The maximum absolute atomic E-state index is 12.0. The Morgan fingerprint density at radius 3 is 3.05 bits per heavy atom. The molecule has 1 aromatic heterocycles. The number of carbonyl (C=O) groups is 1. The molecule has 1 aliphatic heterocycles. The van der Waals surface area contributed by atoms with Crippen molar-refractivity contribution in [3.63, 3.8) is 0 Å². The van der Waals surface area contributed by atoms with E-state index in [1.807, 2.05) is 25.1 Å². The van der Waals surface area contributed by atoms with Gasteiger partial charge >= 0.3 is 0 Å². The summed E-state index contributed by atoms with van der Waals surface area (Å²) in [7, 11) is 0. The number of rotatable bonds is 6. The fraction of sp³-hybridized carbons (Fsp3) is 0.333. The lowest BCUT2D eigenvalue weighted by Crippen LogP contribution is -2.31. The van der Waals surface area contributed by atoms with Crippen molar-refractivity contribution in [3.05, 3.63) is 29.3 Å². The SMILES string of the molecule is CCNCCNC(=O)c1cnc(-c2ccc3c(c2)OCO3)s1. The summed E-state index contributed by atoms with van der Waals surface area (Å²) < 4.78 is 10.6. The van der Waals surface area contributed by atoms with Crippen molar-refractivity contribution < 1.29 is 14.3 Å². The number of ether oxygens (including phenoxy) is 2. The van der Waals surface area contributed by atoms with E-state index in [1.165, 1.54) is 11.3 Å². The quantitative estimate of drug-likeness (QED) is 0.795. The summed E-state index contributed by atoms with van der Waals surface area (Å²) in [5.41, 5.74) is 0.918. The van der Waals surface area contributed by atoms with Gasteiger partial charge in [-0.1, -0.05) is 6.92 Å². The Balaban J connectivity index is 1.67. The van der Waals surface area contributed by atoms with Crippen LogP contribution in [0.15, 0.2) is 24.4 Å². The summed E-state index contributed by atoms with van der Waals surface area (Å²) in [6.45, 7) is 4.53. The number of amides is 1. The Bertz CT molecular complexity index is 672. The summed E-state index contributed by atoms with van der Waals surface area (Å²) in [6, 6.07) is 5.66. The molecule has 0 fully saturated rings. The summed E-state index contributed by atoms with van der Waals surface area (Å²) in [5.74, 6) is 1.36. The van der Waals surface area contributed by atoms with Gasteiger partial charge in [0.15, 0.2) is 11.5 Å². The predicted molar refractivity (Wildman–Crippen MR) is 84.5 cm³/mol. The molecule has 0 saturated carbocycles. The standard InChI is InChI=1S/C15H17N3O3S/c1-2-16-5-6-17-14(19)13-8-18-15(22-13)10-3-4-11-12(7-10)21-9-20-11/h3-4,7-8,16H,2,5-6,9H2,1H3,(H,17,19). The molecular weight excluding hydrogens is 302 g/mol. The Hall–Kier alpha value is -2.12. The van der Waals surface area contributed by atoms with Crippen molar-refractivity contribution in [1.82, 2.24) is 15.6 Å². The zero-order valence-corrected chi connectivity index (χ0v) is 13.0. The van der Waals surface area contributed by atoms with E-state index in [-0.39, 0.29) is 12.7 Å². The van der Waals surface area contributed by atoms with Gasteiger partial charge in [0.2, 0.25) is 6.79 Å². The van der Waals surface area contributed by atoms with Crippen LogP contribution in [0, 0.1) is 0 Å². The molecule has 0 aliphatic carbocycles. The van der Waals surface area contributed by atoms with Crippen LogP contribution in [0.25, 0.3) is 10.6 Å². The molecule has 2 N–H and O–H groups in total. The van der Waals surface area contributed by atoms with Crippen molar-refractivity contribution in [2.24, 2.45) is 0 Å². The topological polar surface area (TPSA) is 72.5 Å². The molecule has 0 spiro atoms. The smallest absolute Gasteiger partial charge is 0.263 e. The van der Waals surface area contributed by atoms with Gasteiger partial charge in [0.25, 0.3) is 5.91 Å². The van der Waals surface area contributed by atoms with Gasteiger partial charge in [-0.2, -0.15) is 0 Å². The van der Waals surface area contributed by atoms with E-state index >= 15 is 0 Å². The zero-order chi connectivity index (χ0) is 15.4. The molecule has 6 nitrogen and oxygen atoms in total. The molecule has 2 aromatic rings.